The molecule has 0 bridgehead atoms. The summed E-state index contributed by atoms with van der Waals surface area (Å²) < 4.78 is 16.2. The second-order valence-electron chi connectivity index (χ2n) is 4.75. The van der Waals surface area contributed by atoms with Crippen LogP contribution < -0.4 is 0 Å². The smallest absolute Gasteiger partial charge is 0.335 e. The highest BCUT2D eigenvalue weighted by Gasteiger charge is 2.25. The monoisotopic (exact) mass is 290 g/mol. The number of carbonyl (C=O) groups excluding carboxylic acids is 2. The zero-order valence-electron chi connectivity index (χ0n) is 11.9. The Kier molecular flexibility index (Phi) is 4.98. The van der Waals surface area contributed by atoms with Crippen molar-refractivity contribution >= 4 is 11.9 Å². The predicted molar refractivity (Wildman–Crippen MR) is 75.4 cm³/mol. The number of esters is 2. The van der Waals surface area contributed by atoms with Gasteiger partial charge in [-0.15, -0.1) is 0 Å². The third kappa shape index (κ3) is 3.84. The highest BCUT2D eigenvalue weighted by molar-refractivity contribution is 5.82. The molecule has 0 aromatic carbocycles. The minimum absolute atomic E-state index is 0.494. The Hall–Kier alpha value is -2.30. The Bertz CT molecular complexity index is 491. The molecule has 0 unspecified atom stereocenters. The van der Waals surface area contributed by atoms with Crippen LogP contribution in [0.2, 0.25) is 0 Å². The largest absolute Gasteiger partial charge is 0.459 e. The Labute approximate surface area is 123 Å². The summed E-state index contributed by atoms with van der Waals surface area (Å²) in [6.07, 6.45) is 6.68. The fourth-order valence-corrected chi connectivity index (χ4v) is 2.28. The fourth-order valence-electron chi connectivity index (χ4n) is 2.28. The average molecular weight is 290 g/mol. The van der Waals surface area contributed by atoms with Gasteiger partial charge >= 0.3 is 11.9 Å². The Balaban J connectivity index is 2.10. The molecule has 0 aromatic heterocycles. The first-order chi connectivity index (χ1) is 10.1. The third-order valence-corrected chi connectivity index (χ3v) is 3.26. The molecular formula is C16H18O5. The van der Waals surface area contributed by atoms with Crippen molar-refractivity contribution in [3.05, 3.63) is 48.3 Å². The van der Waals surface area contributed by atoms with Gasteiger partial charge in [-0.3, -0.25) is 0 Å². The molecule has 0 fully saturated rings. The average Bonchev–Trinajstić information content (AvgIpc) is 3.09. The molecule has 0 heterocycles. The molecule has 0 N–H and O–H groups in total. The first-order valence-corrected chi connectivity index (χ1v) is 6.94. The molecule has 5 heteroatoms. The summed E-state index contributed by atoms with van der Waals surface area (Å²) in [5.74, 6) is 1.35. The molecule has 112 valence electrons. The predicted octanol–water partition coefficient (Wildman–Crippen LogP) is 3.25. The molecule has 0 amide bonds. The first kappa shape index (κ1) is 15.1. The third-order valence-electron chi connectivity index (χ3n) is 3.26. The van der Waals surface area contributed by atoms with E-state index in [4.69, 9.17) is 14.2 Å². The van der Waals surface area contributed by atoms with Gasteiger partial charge in [-0.1, -0.05) is 13.2 Å². The number of ether oxygens (including phenoxy) is 3. The van der Waals surface area contributed by atoms with E-state index in [1.54, 1.807) is 0 Å². The second-order valence-corrected chi connectivity index (χ2v) is 4.75. The summed E-state index contributed by atoms with van der Waals surface area (Å²) in [4.78, 5) is 22.6. The van der Waals surface area contributed by atoms with Crippen molar-refractivity contribution in [2.24, 2.45) is 0 Å². The summed E-state index contributed by atoms with van der Waals surface area (Å²) in [5, 5.41) is 0. The molecule has 0 saturated heterocycles. The van der Waals surface area contributed by atoms with Gasteiger partial charge in [0.05, 0.1) is 0 Å². The highest BCUT2D eigenvalue weighted by Crippen LogP contribution is 2.35. The van der Waals surface area contributed by atoms with Crippen molar-refractivity contribution in [1.82, 2.24) is 0 Å². The maximum atomic E-state index is 11.3. The summed E-state index contributed by atoms with van der Waals surface area (Å²) in [6.45, 7) is 6.74. The van der Waals surface area contributed by atoms with E-state index in [2.05, 4.69) is 13.2 Å². The van der Waals surface area contributed by atoms with Gasteiger partial charge in [0.25, 0.3) is 0 Å². The SMILES string of the molecule is C=CC(=O)OC1=C(OC2=C(OC(=O)C=C)CCC2)CCC1. The van der Waals surface area contributed by atoms with Gasteiger partial charge in [-0.05, 0) is 12.8 Å². The molecule has 2 aliphatic rings. The second kappa shape index (κ2) is 6.92. The summed E-state index contributed by atoms with van der Waals surface area (Å²) in [5.41, 5.74) is 0. The van der Waals surface area contributed by atoms with Gasteiger partial charge in [0, 0.05) is 37.8 Å². The minimum atomic E-state index is -0.494. The maximum Gasteiger partial charge on any atom is 0.335 e. The lowest BCUT2D eigenvalue weighted by atomic mass is 10.3. The Morgan fingerprint density at radius 3 is 1.52 bits per heavy atom. The Morgan fingerprint density at radius 1 is 0.762 bits per heavy atom. The summed E-state index contributed by atoms with van der Waals surface area (Å²) in [6, 6.07) is 0. The standard InChI is InChI=1S/C16H18O5/c1-3-15(17)20-13-9-5-7-11(13)19-12-8-6-10-14(12)21-16(18)4-2/h3-4H,1-2,5-10H2. The van der Waals surface area contributed by atoms with Crippen LogP contribution in [0.25, 0.3) is 0 Å². The molecule has 0 saturated carbocycles. The molecule has 2 aliphatic carbocycles. The molecule has 0 aromatic rings. The molecular weight excluding hydrogens is 272 g/mol. The van der Waals surface area contributed by atoms with Crippen molar-refractivity contribution in [2.45, 2.75) is 38.5 Å². The first-order valence-electron chi connectivity index (χ1n) is 6.94. The van der Waals surface area contributed by atoms with Crippen molar-refractivity contribution in [1.29, 1.82) is 0 Å². The molecule has 2 rings (SSSR count). The summed E-state index contributed by atoms with van der Waals surface area (Å²) >= 11 is 0. The zero-order chi connectivity index (χ0) is 15.2. The van der Waals surface area contributed by atoms with Gasteiger partial charge in [0.2, 0.25) is 0 Å². The van der Waals surface area contributed by atoms with E-state index >= 15 is 0 Å². The Morgan fingerprint density at radius 2 is 1.14 bits per heavy atom. The van der Waals surface area contributed by atoms with Crippen LogP contribution in [0, 0.1) is 0 Å². The van der Waals surface area contributed by atoms with Gasteiger partial charge < -0.3 is 14.2 Å². The molecule has 0 aliphatic heterocycles. The number of allylic oxidation sites excluding steroid dienone is 4. The van der Waals surface area contributed by atoms with Crippen LogP contribution >= 0.6 is 0 Å². The van der Waals surface area contributed by atoms with Crippen molar-refractivity contribution < 1.29 is 23.8 Å². The van der Waals surface area contributed by atoms with Crippen molar-refractivity contribution in [3.8, 4) is 0 Å². The fraction of sp³-hybridized carbons (Fsp3) is 0.375. The van der Waals surface area contributed by atoms with Crippen LogP contribution in [-0.4, -0.2) is 11.9 Å². The molecule has 0 atom stereocenters. The lowest BCUT2D eigenvalue weighted by Gasteiger charge is -2.12. The minimum Gasteiger partial charge on any atom is -0.459 e. The van der Waals surface area contributed by atoms with E-state index in [0.29, 0.717) is 48.7 Å². The summed E-state index contributed by atoms with van der Waals surface area (Å²) in [7, 11) is 0. The molecule has 0 radical (unpaired) electrons. The van der Waals surface area contributed by atoms with Gasteiger partial charge in [-0.2, -0.15) is 0 Å². The highest BCUT2D eigenvalue weighted by atomic mass is 16.6. The lowest BCUT2D eigenvalue weighted by Crippen LogP contribution is -2.04. The molecule has 5 nitrogen and oxygen atoms in total. The van der Waals surface area contributed by atoms with E-state index in [-0.39, 0.29) is 0 Å². The van der Waals surface area contributed by atoms with Crippen LogP contribution in [0.15, 0.2) is 48.3 Å². The number of hydrogen-bond donors (Lipinski definition) is 0. The van der Waals surface area contributed by atoms with Crippen LogP contribution in [-0.2, 0) is 23.8 Å². The number of carbonyl (C=O) groups is 2. The van der Waals surface area contributed by atoms with E-state index in [1.807, 2.05) is 0 Å². The maximum absolute atomic E-state index is 11.3. The molecule has 0 spiro atoms. The van der Waals surface area contributed by atoms with E-state index in [1.165, 1.54) is 0 Å². The van der Waals surface area contributed by atoms with E-state index in [9.17, 15) is 9.59 Å². The van der Waals surface area contributed by atoms with Gasteiger partial charge in [0.15, 0.2) is 0 Å². The van der Waals surface area contributed by atoms with E-state index < -0.39 is 11.9 Å². The van der Waals surface area contributed by atoms with Crippen molar-refractivity contribution in [2.75, 3.05) is 0 Å². The van der Waals surface area contributed by atoms with E-state index in [0.717, 1.165) is 25.0 Å². The van der Waals surface area contributed by atoms with Crippen LogP contribution in [0.4, 0.5) is 0 Å². The zero-order valence-corrected chi connectivity index (χ0v) is 11.9. The van der Waals surface area contributed by atoms with Crippen LogP contribution in [0.5, 0.6) is 0 Å². The van der Waals surface area contributed by atoms with Gasteiger partial charge in [-0.25, -0.2) is 9.59 Å². The van der Waals surface area contributed by atoms with Gasteiger partial charge in [0.1, 0.15) is 23.0 Å². The van der Waals surface area contributed by atoms with Crippen LogP contribution in [0.3, 0.4) is 0 Å². The number of hydrogen-bond acceptors (Lipinski definition) is 5. The molecule has 21 heavy (non-hydrogen) atoms. The quantitative estimate of drug-likeness (QED) is 0.555. The normalized spacial score (nSPS) is 17.7. The lowest BCUT2D eigenvalue weighted by molar-refractivity contribution is -0.134. The van der Waals surface area contributed by atoms with Crippen LogP contribution in [0.1, 0.15) is 38.5 Å². The van der Waals surface area contributed by atoms with Crippen molar-refractivity contribution in [3.63, 3.8) is 0 Å². The topological polar surface area (TPSA) is 61.8 Å². The number of rotatable bonds is 6.